The van der Waals surface area contributed by atoms with Crippen LogP contribution in [0.25, 0.3) is 21.9 Å². The topological polar surface area (TPSA) is 128 Å². The Hall–Kier alpha value is -4.20. The number of phenolic OH excluding ortho intramolecular Hbond substituents is 1. The zero-order chi connectivity index (χ0) is 22.2. The highest BCUT2D eigenvalue weighted by molar-refractivity contribution is 6.04. The van der Waals surface area contributed by atoms with Crippen molar-refractivity contribution in [2.75, 3.05) is 5.32 Å². The van der Waals surface area contributed by atoms with Crippen molar-refractivity contribution in [3.05, 3.63) is 71.9 Å². The molecule has 4 N–H and O–H groups in total. The Morgan fingerprint density at radius 3 is 2.81 bits per heavy atom. The molecule has 1 fully saturated rings. The van der Waals surface area contributed by atoms with Crippen LogP contribution in [0.1, 0.15) is 24.6 Å². The summed E-state index contributed by atoms with van der Waals surface area (Å²) in [4.78, 5) is 36.4. The molecule has 1 aliphatic rings. The number of aliphatic hydroxyl groups excluding tert-OH is 1. The van der Waals surface area contributed by atoms with Gasteiger partial charge in [0.2, 0.25) is 0 Å². The van der Waals surface area contributed by atoms with Gasteiger partial charge in [-0.1, -0.05) is 18.2 Å². The van der Waals surface area contributed by atoms with Gasteiger partial charge in [0.1, 0.15) is 17.3 Å². The molecule has 160 valence electrons. The van der Waals surface area contributed by atoms with Gasteiger partial charge in [0, 0.05) is 17.0 Å². The number of nitrogens with one attached hydrogen (secondary N) is 2. The minimum absolute atomic E-state index is 0.000591. The van der Waals surface area contributed by atoms with Crippen LogP contribution in [0.3, 0.4) is 0 Å². The molecule has 1 aliphatic carbocycles. The average molecular weight is 428 g/mol. The number of aldehydes is 1. The average Bonchev–Trinajstić information content (AvgIpc) is 3.56. The normalized spacial score (nSPS) is 15.4. The highest BCUT2D eigenvalue weighted by Gasteiger charge is 2.38. The van der Waals surface area contributed by atoms with E-state index in [4.69, 9.17) is 0 Å². The fourth-order valence-electron chi connectivity index (χ4n) is 3.84. The molecule has 0 aliphatic heterocycles. The molecule has 32 heavy (non-hydrogen) atoms. The van der Waals surface area contributed by atoms with Crippen molar-refractivity contribution < 1.29 is 19.8 Å². The first-order chi connectivity index (χ1) is 15.5. The van der Waals surface area contributed by atoms with Crippen LogP contribution >= 0.6 is 0 Å². The van der Waals surface area contributed by atoms with Crippen LogP contribution < -0.4 is 5.32 Å². The predicted molar refractivity (Wildman–Crippen MR) is 119 cm³/mol. The molecule has 1 atom stereocenters. The number of aliphatic hydroxyl groups is 1. The Morgan fingerprint density at radius 2 is 2.03 bits per heavy atom. The molecule has 0 radical (unpaired) electrons. The smallest absolute Gasteiger partial charge is 0.184 e. The van der Waals surface area contributed by atoms with E-state index in [0.29, 0.717) is 29.7 Å². The van der Waals surface area contributed by atoms with Crippen LogP contribution in [0.5, 0.6) is 5.75 Å². The SMILES string of the molecule is O=C/C(O)=C(/C(=O)C1CC1)C(Nc1ccc2nc[nH]c2c1)c1ccc2cccc(O)c2n1. The van der Waals surface area contributed by atoms with Crippen LogP contribution in [-0.4, -0.2) is 37.2 Å². The molecule has 0 bridgehead atoms. The maximum absolute atomic E-state index is 13.1. The summed E-state index contributed by atoms with van der Waals surface area (Å²) in [7, 11) is 0. The number of rotatable bonds is 7. The van der Waals surface area contributed by atoms with E-state index >= 15 is 0 Å². The third-order valence-electron chi connectivity index (χ3n) is 5.64. The second-order valence-electron chi connectivity index (χ2n) is 7.85. The molecule has 1 saturated carbocycles. The number of H-pyrrole nitrogens is 1. The van der Waals surface area contributed by atoms with E-state index in [1.807, 2.05) is 18.2 Å². The quantitative estimate of drug-likeness (QED) is 0.199. The number of para-hydroxylation sites is 1. The van der Waals surface area contributed by atoms with E-state index in [9.17, 15) is 19.8 Å². The van der Waals surface area contributed by atoms with Crippen LogP contribution in [0.2, 0.25) is 0 Å². The Kier molecular flexibility index (Phi) is 4.82. The standard InChI is InChI=1S/C24H20N4O4/c29-11-20(31)21(24(32)14-4-5-14)23(27-15-7-9-16-18(10-15)26-12-25-16)17-8-6-13-2-1-3-19(30)22(13)28-17/h1-3,6-12,14,23,27,30-31H,4-5H2,(H,25,26)/b21-20-. The van der Waals surface area contributed by atoms with E-state index in [0.717, 1.165) is 16.4 Å². The minimum atomic E-state index is -0.905. The number of hydrogen-bond donors (Lipinski definition) is 4. The number of carbonyl (C=O) groups is 2. The molecule has 8 nitrogen and oxygen atoms in total. The van der Waals surface area contributed by atoms with Crippen LogP contribution in [0, 0.1) is 5.92 Å². The van der Waals surface area contributed by atoms with E-state index in [-0.39, 0.29) is 29.3 Å². The molecule has 0 spiro atoms. The first-order valence-electron chi connectivity index (χ1n) is 10.3. The molecular weight excluding hydrogens is 408 g/mol. The Bertz CT molecular complexity index is 1390. The lowest BCUT2D eigenvalue weighted by atomic mass is 9.94. The van der Waals surface area contributed by atoms with E-state index < -0.39 is 11.8 Å². The third-order valence-corrected chi connectivity index (χ3v) is 5.64. The van der Waals surface area contributed by atoms with E-state index in [1.165, 1.54) is 6.07 Å². The number of ketones is 1. The summed E-state index contributed by atoms with van der Waals surface area (Å²) in [5.41, 5.74) is 2.93. The van der Waals surface area contributed by atoms with Crippen LogP contribution in [-0.2, 0) is 9.59 Å². The third kappa shape index (κ3) is 3.56. The van der Waals surface area contributed by atoms with Crippen molar-refractivity contribution in [2.24, 2.45) is 5.92 Å². The maximum Gasteiger partial charge on any atom is 0.184 e. The number of nitrogens with zero attached hydrogens (tertiary/aromatic N) is 2. The zero-order valence-electron chi connectivity index (χ0n) is 16.9. The molecule has 2 heterocycles. The highest BCUT2D eigenvalue weighted by atomic mass is 16.3. The number of hydrogen-bond acceptors (Lipinski definition) is 7. The summed E-state index contributed by atoms with van der Waals surface area (Å²) in [5.74, 6) is -1.13. The van der Waals surface area contributed by atoms with Gasteiger partial charge in [-0.3, -0.25) is 9.59 Å². The van der Waals surface area contributed by atoms with Gasteiger partial charge >= 0.3 is 0 Å². The Labute approximate surface area is 182 Å². The van der Waals surface area contributed by atoms with Gasteiger partial charge < -0.3 is 20.5 Å². The van der Waals surface area contributed by atoms with Crippen molar-refractivity contribution >= 4 is 39.7 Å². The van der Waals surface area contributed by atoms with Crippen LogP contribution in [0.15, 0.2) is 66.2 Å². The van der Waals surface area contributed by atoms with Gasteiger partial charge in [0.15, 0.2) is 17.8 Å². The van der Waals surface area contributed by atoms with Crippen molar-refractivity contribution in [1.29, 1.82) is 0 Å². The summed E-state index contributed by atoms with van der Waals surface area (Å²) in [6, 6.07) is 13.1. The number of aromatic hydroxyl groups is 1. The lowest BCUT2D eigenvalue weighted by Gasteiger charge is -2.23. The molecule has 4 aromatic rings. The van der Waals surface area contributed by atoms with Gasteiger partial charge in [-0.05, 0) is 43.2 Å². The number of carbonyl (C=O) groups excluding carboxylic acids is 2. The predicted octanol–water partition coefficient (Wildman–Crippen LogP) is 3.96. The van der Waals surface area contributed by atoms with E-state index in [1.54, 1.807) is 30.6 Å². The zero-order valence-corrected chi connectivity index (χ0v) is 16.9. The number of fused-ring (bicyclic) bond motifs is 2. The van der Waals surface area contributed by atoms with Crippen molar-refractivity contribution in [3.63, 3.8) is 0 Å². The van der Waals surface area contributed by atoms with Crippen molar-refractivity contribution in [3.8, 4) is 5.75 Å². The molecule has 2 aromatic heterocycles. The molecule has 2 aromatic carbocycles. The molecule has 8 heteroatoms. The highest BCUT2D eigenvalue weighted by Crippen LogP contribution is 2.38. The lowest BCUT2D eigenvalue weighted by Crippen LogP contribution is -2.23. The van der Waals surface area contributed by atoms with Gasteiger partial charge in [-0.2, -0.15) is 0 Å². The number of Topliss-reactive ketones (excluding diaryl/α,β-unsaturated/α-hetero) is 1. The lowest BCUT2D eigenvalue weighted by molar-refractivity contribution is -0.117. The Balaban J connectivity index is 1.66. The number of pyridine rings is 1. The maximum atomic E-state index is 13.1. The summed E-state index contributed by atoms with van der Waals surface area (Å²) < 4.78 is 0. The summed E-state index contributed by atoms with van der Waals surface area (Å²) in [5, 5.41) is 24.7. The van der Waals surface area contributed by atoms with Crippen molar-refractivity contribution in [2.45, 2.75) is 18.9 Å². The van der Waals surface area contributed by atoms with E-state index in [2.05, 4.69) is 20.3 Å². The first-order valence-corrected chi connectivity index (χ1v) is 10.3. The molecule has 0 amide bonds. The van der Waals surface area contributed by atoms with Gasteiger partial charge in [-0.25, -0.2) is 9.97 Å². The number of allylic oxidation sites excluding steroid dienone is 1. The summed E-state index contributed by atoms with van der Waals surface area (Å²) >= 11 is 0. The number of anilines is 1. The second kappa shape index (κ2) is 7.81. The molecule has 5 rings (SSSR count). The number of imidazole rings is 1. The fraction of sp³-hybridized carbons (Fsp3) is 0.167. The molecule has 1 unspecified atom stereocenters. The van der Waals surface area contributed by atoms with Crippen molar-refractivity contribution in [1.82, 2.24) is 15.0 Å². The summed E-state index contributed by atoms with van der Waals surface area (Å²) in [6.07, 6.45) is 3.29. The summed E-state index contributed by atoms with van der Waals surface area (Å²) in [6.45, 7) is 0. The second-order valence-corrected chi connectivity index (χ2v) is 7.85. The monoisotopic (exact) mass is 428 g/mol. The Morgan fingerprint density at radius 1 is 1.19 bits per heavy atom. The largest absolute Gasteiger partial charge is 0.506 e. The first kappa shape index (κ1) is 19.7. The molecule has 0 saturated heterocycles. The van der Waals surface area contributed by atoms with Crippen LogP contribution in [0.4, 0.5) is 5.69 Å². The fourth-order valence-corrected chi connectivity index (χ4v) is 3.84. The van der Waals surface area contributed by atoms with Gasteiger partial charge in [0.05, 0.1) is 28.6 Å². The molecular formula is C24H20N4O4. The number of aromatic amines is 1. The van der Waals surface area contributed by atoms with Gasteiger partial charge in [-0.15, -0.1) is 0 Å². The van der Waals surface area contributed by atoms with Gasteiger partial charge in [0.25, 0.3) is 0 Å². The number of phenols is 1. The minimum Gasteiger partial charge on any atom is -0.506 e. The number of aromatic nitrogens is 3. The number of benzene rings is 2.